The highest BCUT2D eigenvalue weighted by Gasteiger charge is 2.40. The zero-order valence-corrected chi connectivity index (χ0v) is 19.0. The normalized spacial score (nSPS) is 21.5. The van der Waals surface area contributed by atoms with Crippen LogP contribution in [0, 0.1) is 0 Å². The number of carbonyl (C=O) groups excluding carboxylic acids is 1. The summed E-state index contributed by atoms with van der Waals surface area (Å²) >= 11 is 0. The first-order valence-electron chi connectivity index (χ1n) is 12.1. The van der Waals surface area contributed by atoms with Crippen LogP contribution in [-0.4, -0.2) is 59.8 Å². The number of aromatic nitrogens is 2. The Labute approximate surface area is 190 Å². The van der Waals surface area contributed by atoms with Crippen LogP contribution in [0.15, 0.2) is 36.7 Å². The van der Waals surface area contributed by atoms with Gasteiger partial charge in [-0.25, -0.2) is 14.8 Å². The number of piperidine rings is 1. The zero-order valence-electron chi connectivity index (χ0n) is 19.0. The average molecular weight is 436 g/mol. The second-order valence-corrected chi connectivity index (χ2v) is 9.55. The first-order valence-corrected chi connectivity index (χ1v) is 12.1. The smallest absolute Gasteiger partial charge is 0.341 e. The number of carbonyl (C=O) groups is 1. The van der Waals surface area contributed by atoms with Gasteiger partial charge in [0.25, 0.3) is 0 Å². The highest BCUT2D eigenvalue weighted by molar-refractivity contribution is 5.88. The molecule has 1 aromatic heterocycles. The Morgan fingerprint density at radius 2 is 1.94 bits per heavy atom. The SMILES string of the molecule is CCOC(=O)c1cnc(CC2(c3cccc(C4CCN(C5COC5)CC4)c3)CCC2)nc1. The van der Waals surface area contributed by atoms with Gasteiger partial charge in [0.1, 0.15) is 5.82 Å². The molecule has 0 atom stereocenters. The first kappa shape index (κ1) is 21.5. The van der Waals surface area contributed by atoms with Gasteiger partial charge in [0.05, 0.1) is 31.4 Å². The van der Waals surface area contributed by atoms with Crippen LogP contribution in [0.4, 0.5) is 0 Å². The summed E-state index contributed by atoms with van der Waals surface area (Å²) in [5, 5.41) is 0. The van der Waals surface area contributed by atoms with Crippen molar-refractivity contribution in [2.24, 2.45) is 0 Å². The van der Waals surface area contributed by atoms with E-state index in [0.717, 1.165) is 25.5 Å². The highest BCUT2D eigenvalue weighted by atomic mass is 16.5. The van der Waals surface area contributed by atoms with E-state index >= 15 is 0 Å². The van der Waals surface area contributed by atoms with Gasteiger partial charge >= 0.3 is 5.97 Å². The quantitative estimate of drug-likeness (QED) is 0.615. The van der Waals surface area contributed by atoms with Crippen molar-refractivity contribution in [3.63, 3.8) is 0 Å². The topological polar surface area (TPSA) is 64.5 Å². The number of hydrogen-bond acceptors (Lipinski definition) is 6. The van der Waals surface area contributed by atoms with E-state index in [4.69, 9.17) is 9.47 Å². The van der Waals surface area contributed by atoms with E-state index < -0.39 is 0 Å². The van der Waals surface area contributed by atoms with Crippen LogP contribution in [0.5, 0.6) is 0 Å². The molecule has 32 heavy (non-hydrogen) atoms. The summed E-state index contributed by atoms with van der Waals surface area (Å²) in [5.41, 5.74) is 3.44. The molecular weight excluding hydrogens is 402 g/mol. The Bertz CT molecular complexity index is 930. The molecule has 2 aromatic rings. The standard InChI is InChI=1S/C26H33N3O3/c1-2-32-25(30)21-15-27-24(28-16-21)14-26(9-4-10-26)22-6-3-5-20(13-22)19-7-11-29(12-8-19)23-17-31-18-23/h3,5-6,13,15-16,19,23H,2,4,7-12,14,17-18H2,1H3. The maximum absolute atomic E-state index is 11.9. The van der Waals surface area contributed by atoms with E-state index in [2.05, 4.69) is 39.1 Å². The third-order valence-electron chi connectivity index (χ3n) is 7.66. The van der Waals surface area contributed by atoms with E-state index in [1.165, 1.54) is 56.3 Å². The van der Waals surface area contributed by atoms with Gasteiger partial charge in [0, 0.05) is 24.2 Å². The summed E-state index contributed by atoms with van der Waals surface area (Å²) in [4.78, 5) is 23.5. The molecule has 0 unspecified atom stereocenters. The van der Waals surface area contributed by atoms with Crippen molar-refractivity contribution in [3.05, 3.63) is 59.2 Å². The van der Waals surface area contributed by atoms with Gasteiger partial charge in [0.2, 0.25) is 0 Å². The molecule has 3 heterocycles. The lowest BCUT2D eigenvalue weighted by Crippen LogP contribution is -2.51. The lowest BCUT2D eigenvalue weighted by Gasteiger charge is -2.43. The Morgan fingerprint density at radius 3 is 2.53 bits per heavy atom. The van der Waals surface area contributed by atoms with Gasteiger partial charge < -0.3 is 9.47 Å². The molecule has 6 nitrogen and oxygen atoms in total. The molecule has 2 saturated heterocycles. The van der Waals surface area contributed by atoms with E-state index in [0.29, 0.717) is 24.1 Å². The summed E-state index contributed by atoms with van der Waals surface area (Å²) in [6.45, 7) is 6.32. The van der Waals surface area contributed by atoms with Crippen LogP contribution >= 0.6 is 0 Å². The van der Waals surface area contributed by atoms with Crippen LogP contribution in [-0.2, 0) is 21.3 Å². The lowest BCUT2D eigenvalue weighted by atomic mass is 9.62. The Balaban J connectivity index is 1.27. The predicted molar refractivity (Wildman–Crippen MR) is 122 cm³/mol. The van der Waals surface area contributed by atoms with Crippen molar-refractivity contribution in [1.29, 1.82) is 0 Å². The van der Waals surface area contributed by atoms with Crippen molar-refractivity contribution >= 4 is 5.97 Å². The number of rotatable bonds is 7. The third kappa shape index (κ3) is 4.30. The monoisotopic (exact) mass is 435 g/mol. The third-order valence-corrected chi connectivity index (χ3v) is 7.66. The molecule has 1 aliphatic carbocycles. The van der Waals surface area contributed by atoms with Gasteiger partial charge in [-0.2, -0.15) is 0 Å². The number of ether oxygens (including phenoxy) is 2. The molecule has 0 spiro atoms. The molecular formula is C26H33N3O3. The summed E-state index contributed by atoms with van der Waals surface area (Å²) < 4.78 is 10.4. The van der Waals surface area contributed by atoms with Crippen LogP contribution in [0.1, 0.15) is 72.3 Å². The summed E-state index contributed by atoms with van der Waals surface area (Å²) in [7, 11) is 0. The summed E-state index contributed by atoms with van der Waals surface area (Å²) in [5.74, 6) is 1.09. The van der Waals surface area contributed by atoms with Crippen LogP contribution in [0.3, 0.4) is 0 Å². The molecule has 170 valence electrons. The van der Waals surface area contributed by atoms with E-state index in [1.54, 1.807) is 19.3 Å². The van der Waals surface area contributed by atoms with E-state index in [-0.39, 0.29) is 11.4 Å². The Morgan fingerprint density at radius 1 is 1.19 bits per heavy atom. The van der Waals surface area contributed by atoms with Crippen molar-refractivity contribution < 1.29 is 14.3 Å². The largest absolute Gasteiger partial charge is 0.462 e. The molecule has 0 bridgehead atoms. The minimum Gasteiger partial charge on any atom is -0.462 e. The fourth-order valence-electron chi connectivity index (χ4n) is 5.39. The van der Waals surface area contributed by atoms with E-state index in [1.807, 2.05) is 0 Å². The minimum atomic E-state index is -0.360. The zero-order chi connectivity index (χ0) is 22.0. The first-order chi connectivity index (χ1) is 15.7. The molecule has 2 aliphatic heterocycles. The van der Waals surface area contributed by atoms with Gasteiger partial charge in [-0.05, 0) is 62.7 Å². The van der Waals surface area contributed by atoms with E-state index in [9.17, 15) is 4.79 Å². The van der Waals surface area contributed by atoms with Crippen molar-refractivity contribution in [2.45, 2.75) is 62.8 Å². The molecule has 3 aliphatic rings. The van der Waals surface area contributed by atoms with Crippen molar-refractivity contribution in [1.82, 2.24) is 14.9 Å². The maximum Gasteiger partial charge on any atom is 0.341 e. The Kier molecular flexibility index (Phi) is 6.24. The Hall–Kier alpha value is -2.31. The van der Waals surface area contributed by atoms with Gasteiger partial charge in [-0.1, -0.05) is 30.7 Å². The van der Waals surface area contributed by atoms with Crippen molar-refractivity contribution in [2.75, 3.05) is 32.9 Å². The lowest BCUT2D eigenvalue weighted by molar-refractivity contribution is -0.0712. The van der Waals surface area contributed by atoms with Crippen LogP contribution < -0.4 is 0 Å². The van der Waals surface area contributed by atoms with Gasteiger partial charge in [-0.3, -0.25) is 4.90 Å². The van der Waals surface area contributed by atoms with Gasteiger partial charge in [0.15, 0.2) is 0 Å². The number of hydrogen-bond donors (Lipinski definition) is 0. The maximum atomic E-state index is 11.9. The molecule has 0 radical (unpaired) electrons. The van der Waals surface area contributed by atoms with Crippen molar-refractivity contribution in [3.8, 4) is 0 Å². The molecule has 0 N–H and O–H groups in total. The molecule has 6 heteroatoms. The molecule has 5 rings (SSSR count). The average Bonchev–Trinajstić information content (AvgIpc) is 2.76. The second kappa shape index (κ2) is 9.28. The number of benzene rings is 1. The fraction of sp³-hybridized carbons (Fsp3) is 0.577. The second-order valence-electron chi connectivity index (χ2n) is 9.55. The number of likely N-dealkylation sites (tertiary alicyclic amines) is 1. The fourth-order valence-corrected chi connectivity index (χ4v) is 5.39. The number of esters is 1. The predicted octanol–water partition coefficient (Wildman–Crippen LogP) is 3.90. The minimum absolute atomic E-state index is 0.116. The summed E-state index contributed by atoms with van der Waals surface area (Å²) in [6.07, 6.45) is 10.1. The molecule has 0 amide bonds. The number of nitrogens with zero attached hydrogens (tertiary/aromatic N) is 3. The molecule has 3 fully saturated rings. The highest BCUT2D eigenvalue weighted by Crippen LogP contribution is 2.46. The van der Waals surface area contributed by atoms with Gasteiger partial charge in [-0.15, -0.1) is 0 Å². The van der Waals surface area contributed by atoms with Crippen LogP contribution in [0.25, 0.3) is 0 Å². The van der Waals surface area contributed by atoms with Crippen LogP contribution in [0.2, 0.25) is 0 Å². The summed E-state index contributed by atoms with van der Waals surface area (Å²) in [6, 6.07) is 9.94. The molecule has 1 aromatic carbocycles. The molecule has 1 saturated carbocycles.